The summed E-state index contributed by atoms with van der Waals surface area (Å²) in [6.45, 7) is 7.31. The van der Waals surface area contributed by atoms with E-state index in [4.69, 9.17) is 5.11 Å². The quantitative estimate of drug-likeness (QED) is 0.591. The first-order chi connectivity index (χ1) is 14.8. The van der Waals surface area contributed by atoms with Crippen molar-refractivity contribution in [2.75, 3.05) is 44.2 Å². The van der Waals surface area contributed by atoms with Crippen molar-refractivity contribution in [1.29, 1.82) is 0 Å². The Bertz CT molecular complexity index is 1050. The van der Waals surface area contributed by atoms with Crippen LogP contribution in [-0.2, 0) is 6.54 Å². The van der Waals surface area contributed by atoms with Crippen LogP contribution < -0.4 is 4.90 Å². The first kappa shape index (κ1) is 21.5. The Kier molecular flexibility index (Phi) is 6.07. The van der Waals surface area contributed by atoms with Crippen molar-refractivity contribution in [3.8, 4) is 0 Å². The molecule has 0 bridgehead atoms. The van der Waals surface area contributed by atoms with Gasteiger partial charge in [-0.1, -0.05) is 24.3 Å². The van der Waals surface area contributed by atoms with Gasteiger partial charge >= 0.3 is 0 Å². The van der Waals surface area contributed by atoms with Crippen molar-refractivity contribution in [3.05, 3.63) is 59.9 Å². The van der Waals surface area contributed by atoms with Gasteiger partial charge in [0, 0.05) is 68.3 Å². The normalized spacial score (nSPS) is 15.5. The number of hydrogen-bond donors (Lipinski definition) is 1. The number of aliphatic hydroxyl groups is 1. The van der Waals surface area contributed by atoms with Gasteiger partial charge in [-0.25, -0.2) is 9.37 Å². The van der Waals surface area contributed by atoms with Gasteiger partial charge in [-0.2, -0.15) is 0 Å². The number of pyridine rings is 1. The number of carbonyl (C=O) groups excluding carboxylic acids is 1. The number of piperazine rings is 1. The van der Waals surface area contributed by atoms with Gasteiger partial charge in [0.15, 0.2) is 5.78 Å². The average Bonchev–Trinajstić information content (AvgIpc) is 3.16. The first-order valence-corrected chi connectivity index (χ1v) is 10.7. The number of anilines is 1. The van der Waals surface area contributed by atoms with E-state index < -0.39 is 12.3 Å². The monoisotopic (exact) mass is 424 g/mol. The molecule has 6 nitrogen and oxygen atoms in total. The number of fused-ring (bicyclic) bond motifs is 1. The Labute approximate surface area is 181 Å². The lowest BCUT2D eigenvalue weighted by atomic mass is 10.1. The second-order valence-electron chi connectivity index (χ2n) is 8.77. The minimum atomic E-state index is -1.17. The third-order valence-corrected chi connectivity index (χ3v) is 5.72. The number of hydrogen-bond acceptors (Lipinski definition) is 5. The van der Waals surface area contributed by atoms with Gasteiger partial charge in [0.05, 0.1) is 0 Å². The van der Waals surface area contributed by atoms with Gasteiger partial charge < -0.3 is 14.6 Å². The summed E-state index contributed by atoms with van der Waals surface area (Å²) < 4.78 is 16.1. The second kappa shape index (κ2) is 8.77. The average molecular weight is 425 g/mol. The third-order valence-electron chi connectivity index (χ3n) is 5.72. The summed E-state index contributed by atoms with van der Waals surface area (Å²) in [6, 6.07) is 11.5. The Hall–Kier alpha value is -2.77. The Morgan fingerprint density at radius 2 is 1.81 bits per heavy atom. The Morgan fingerprint density at radius 3 is 2.45 bits per heavy atom. The zero-order chi connectivity index (χ0) is 22.0. The van der Waals surface area contributed by atoms with Gasteiger partial charge in [0.25, 0.3) is 0 Å². The first-order valence-electron chi connectivity index (χ1n) is 10.7. The highest BCUT2D eigenvalue weighted by Crippen LogP contribution is 2.28. The van der Waals surface area contributed by atoms with Crippen molar-refractivity contribution in [2.24, 2.45) is 0 Å². The molecule has 0 unspecified atom stereocenters. The molecule has 0 saturated carbocycles. The van der Waals surface area contributed by atoms with Crippen molar-refractivity contribution in [1.82, 2.24) is 14.5 Å². The van der Waals surface area contributed by atoms with Crippen molar-refractivity contribution in [3.63, 3.8) is 0 Å². The number of alkyl halides is 1. The summed E-state index contributed by atoms with van der Waals surface area (Å²) in [4.78, 5) is 20.7. The smallest absolute Gasteiger partial charge is 0.188 e. The Balaban J connectivity index is 1.49. The fourth-order valence-corrected chi connectivity index (χ4v) is 4.24. The van der Waals surface area contributed by atoms with Crippen LogP contribution >= 0.6 is 0 Å². The number of rotatable bonds is 7. The highest BCUT2D eigenvalue weighted by Gasteiger charge is 2.25. The van der Waals surface area contributed by atoms with E-state index in [0.29, 0.717) is 18.7 Å². The summed E-state index contributed by atoms with van der Waals surface area (Å²) in [5.74, 6) is -0.278. The molecule has 31 heavy (non-hydrogen) atoms. The molecule has 1 aromatic carbocycles. The van der Waals surface area contributed by atoms with Crippen LogP contribution in [0.25, 0.3) is 11.0 Å². The van der Waals surface area contributed by atoms with E-state index >= 15 is 0 Å². The summed E-state index contributed by atoms with van der Waals surface area (Å²) in [5, 5.41) is 10.1. The molecule has 1 N–H and O–H groups in total. The highest BCUT2D eigenvalue weighted by molar-refractivity contribution is 5.96. The van der Waals surface area contributed by atoms with Crippen molar-refractivity contribution < 1.29 is 14.3 Å². The van der Waals surface area contributed by atoms with Gasteiger partial charge in [-0.3, -0.25) is 9.69 Å². The summed E-state index contributed by atoms with van der Waals surface area (Å²) in [6.07, 6.45) is 3.88. The Morgan fingerprint density at radius 1 is 1.10 bits per heavy atom. The maximum atomic E-state index is 14.0. The number of ketones is 1. The van der Waals surface area contributed by atoms with E-state index in [2.05, 4.69) is 31.5 Å². The number of Topliss-reactive ketones (excluding diaryl/α,β-unsaturated/α-hetero) is 1. The molecule has 0 spiro atoms. The number of carbonyl (C=O) groups is 1. The lowest BCUT2D eigenvalue weighted by Gasteiger charge is -2.38. The van der Waals surface area contributed by atoms with Gasteiger partial charge in [-0.05, 0) is 31.5 Å². The maximum Gasteiger partial charge on any atom is 0.188 e. The summed E-state index contributed by atoms with van der Waals surface area (Å²) >= 11 is 0. The topological polar surface area (TPSA) is 61.6 Å². The van der Waals surface area contributed by atoms with Crippen molar-refractivity contribution in [2.45, 2.75) is 26.1 Å². The van der Waals surface area contributed by atoms with Crippen LogP contribution in [0.5, 0.6) is 0 Å². The molecular formula is C24H29FN4O2. The molecule has 7 heteroatoms. The number of aromatic nitrogens is 2. The molecule has 164 valence electrons. The zero-order valence-corrected chi connectivity index (χ0v) is 18.1. The number of benzene rings is 1. The molecule has 0 aliphatic carbocycles. The highest BCUT2D eigenvalue weighted by atomic mass is 19.1. The van der Waals surface area contributed by atoms with Crippen LogP contribution in [-0.4, -0.2) is 70.3 Å². The molecular weight excluding hydrogens is 395 g/mol. The predicted molar refractivity (Wildman–Crippen MR) is 121 cm³/mol. The van der Waals surface area contributed by atoms with E-state index in [1.54, 1.807) is 26.0 Å². The van der Waals surface area contributed by atoms with Crippen molar-refractivity contribution >= 4 is 22.5 Å². The van der Waals surface area contributed by atoms with E-state index in [1.807, 2.05) is 24.5 Å². The number of nitrogens with zero attached hydrogens (tertiary/aromatic N) is 4. The van der Waals surface area contributed by atoms with E-state index in [0.717, 1.165) is 48.5 Å². The number of aliphatic hydroxyl groups excluding tert-OH is 1. The van der Waals surface area contributed by atoms with Gasteiger partial charge in [0.1, 0.15) is 17.9 Å². The SMILES string of the molecule is CC(C)(F)CN1CCN(c2ccnc3c2ccn3Cc2ccc(C(=O)CO)cc2)CC1. The van der Waals surface area contributed by atoms with Gasteiger partial charge in [-0.15, -0.1) is 0 Å². The molecule has 1 fully saturated rings. The standard InChI is InChI=1S/C24H29FN4O2/c1-24(2,25)17-27-11-13-28(14-12-27)21-7-9-26-23-20(21)8-10-29(23)15-18-3-5-19(6-4-18)22(31)16-30/h3-10,30H,11-17H2,1-2H3. The zero-order valence-electron chi connectivity index (χ0n) is 18.1. The molecule has 1 aliphatic rings. The molecule has 0 amide bonds. The van der Waals surface area contributed by atoms with Crippen LogP contribution in [0.15, 0.2) is 48.8 Å². The molecule has 0 atom stereocenters. The molecule has 3 aromatic rings. The fraction of sp³-hybridized carbons (Fsp3) is 0.417. The maximum absolute atomic E-state index is 14.0. The van der Waals surface area contributed by atoms with E-state index in [9.17, 15) is 9.18 Å². The molecule has 1 saturated heterocycles. The number of halogens is 1. The third kappa shape index (κ3) is 4.94. The summed E-state index contributed by atoms with van der Waals surface area (Å²) in [5.41, 5.74) is 2.47. The van der Waals surface area contributed by atoms with E-state index in [-0.39, 0.29) is 5.78 Å². The van der Waals surface area contributed by atoms with Gasteiger partial charge in [0.2, 0.25) is 0 Å². The second-order valence-corrected chi connectivity index (χ2v) is 8.77. The lowest BCUT2D eigenvalue weighted by molar-refractivity contribution is 0.0903. The lowest BCUT2D eigenvalue weighted by Crippen LogP contribution is -2.49. The fourth-order valence-electron chi connectivity index (χ4n) is 4.24. The minimum Gasteiger partial charge on any atom is -0.388 e. The van der Waals surface area contributed by atoms with Crippen LogP contribution in [0, 0.1) is 0 Å². The molecule has 2 aromatic heterocycles. The molecule has 1 aliphatic heterocycles. The van der Waals surface area contributed by atoms with Crippen LogP contribution in [0.2, 0.25) is 0 Å². The molecule has 3 heterocycles. The molecule has 4 rings (SSSR count). The largest absolute Gasteiger partial charge is 0.388 e. The van der Waals surface area contributed by atoms with Crippen LogP contribution in [0.3, 0.4) is 0 Å². The summed E-state index contributed by atoms with van der Waals surface area (Å²) in [7, 11) is 0. The van der Waals surface area contributed by atoms with Crippen LogP contribution in [0.1, 0.15) is 29.8 Å². The molecule has 0 radical (unpaired) electrons. The minimum absolute atomic E-state index is 0.278. The predicted octanol–water partition coefficient (Wildman–Crippen LogP) is 3.13. The van der Waals surface area contributed by atoms with E-state index in [1.165, 1.54) is 0 Å². The van der Waals surface area contributed by atoms with Crippen LogP contribution in [0.4, 0.5) is 10.1 Å².